The van der Waals surface area contributed by atoms with Gasteiger partial charge in [0, 0.05) is 19.0 Å². The van der Waals surface area contributed by atoms with Crippen LogP contribution >= 0.6 is 0 Å². The molecule has 0 aliphatic rings. The summed E-state index contributed by atoms with van der Waals surface area (Å²) in [4.78, 5) is 31.3. The second-order valence-electron chi connectivity index (χ2n) is 8.05. The van der Waals surface area contributed by atoms with Crippen LogP contribution in [0.2, 0.25) is 0 Å². The molecule has 0 fully saturated rings. The Morgan fingerprint density at radius 2 is 1.50 bits per heavy atom. The van der Waals surface area contributed by atoms with E-state index in [9.17, 15) is 9.59 Å². The molecule has 0 N–H and O–H groups in total. The fourth-order valence-electron chi connectivity index (χ4n) is 3.76. The minimum Gasteiger partial charge on any atom is -0.497 e. The predicted octanol–water partition coefficient (Wildman–Crippen LogP) is 4.53. The van der Waals surface area contributed by atoms with Crippen LogP contribution in [0.25, 0.3) is 21.7 Å². The van der Waals surface area contributed by atoms with Crippen LogP contribution < -0.4 is 9.47 Å². The average molecular weight is 459 g/mol. The molecule has 174 valence electrons. The summed E-state index contributed by atoms with van der Waals surface area (Å²) >= 11 is 0. The van der Waals surface area contributed by atoms with Crippen LogP contribution in [0.15, 0.2) is 60.7 Å². The van der Waals surface area contributed by atoms with Gasteiger partial charge in [0.05, 0.1) is 31.0 Å². The molecule has 0 bridgehead atoms. The van der Waals surface area contributed by atoms with Gasteiger partial charge in [-0.15, -0.1) is 0 Å². The van der Waals surface area contributed by atoms with Crippen molar-refractivity contribution < 1.29 is 23.8 Å². The van der Waals surface area contributed by atoms with Crippen molar-refractivity contribution in [3.8, 4) is 11.5 Å². The van der Waals surface area contributed by atoms with E-state index in [-0.39, 0.29) is 12.5 Å². The molecule has 0 saturated heterocycles. The van der Waals surface area contributed by atoms with Crippen LogP contribution in [0.4, 0.5) is 0 Å². The summed E-state index contributed by atoms with van der Waals surface area (Å²) in [6.07, 6.45) is 0. The molecule has 7 heteroatoms. The molecular weight excluding hydrogens is 432 g/mol. The fourth-order valence-corrected chi connectivity index (χ4v) is 3.76. The van der Waals surface area contributed by atoms with Gasteiger partial charge in [-0.05, 0) is 65.7 Å². The molecule has 3 aromatic carbocycles. The van der Waals surface area contributed by atoms with E-state index < -0.39 is 5.97 Å². The van der Waals surface area contributed by atoms with Gasteiger partial charge in [0.25, 0.3) is 5.91 Å². The zero-order valence-corrected chi connectivity index (χ0v) is 19.6. The number of carbonyl (C=O) groups is 2. The summed E-state index contributed by atoms with van der Waals surface area (Å²) < 4.78 is 15.8. The number of aryl methyl sites for hydroxylation is 1. The number of esters is 1. The number of fused-ring (bicyclic) bond motifs is 2. The number of rotatable bonds is 7. The summed E-state index contributed by atoms with van der Waals surface area (Å²) in [6.45, 7) is 1.79. The highest BCUT2D eigenvalue weighted by Crippen LogP contribution is 2.23. The lowest BCUT2D eigenvalue weighted by Crippen LogP contribution is -2.31. The monoisotopic (exact) mass is 458 g/mol. The summed E-state index contributed by atoms with van der Waals surface area (Å²) in [5, 5.41) is 2.87. The molecule has 1 amide bonds. The first-order valence-corrected chi connectivity index (χ1v) is 10.8. The number of aromatic nitrogens is 1. The number of ether oxygens (including phenoxy) is 3. The Hall–Kier alpha value is -4.13. The number of pyridine rings is 1. The third-order valence-corrected chi connectivity index (χ3v) is 5.72. The van der Waals surface area contributed by atoms with Crippen molar-refractivity contribution in [1.82, 2.24) is 9.88 Å². The fraction of sp³-hybridized carbons (Fsp3) is 0.222. The van der Waals surface area contributed by atoms with Crippen LogP contribution in [-0.4, -0.2) is 49.6 Å². The van der Waals surface area contributed by atoms with Crippen LogP contribution in [0, 0.1) is 6.92 Å². The van der Waals surface area contributed by atoms with Gasteiger partial charge < -0.3 is 19.1 Å². The average Bonchev–Trinajstić information content (AvgIpc) is 2.85. The van der Waals surface area contributed by atoms with E-state index in [1.807, 2.05) is 48.5 Å². The Morgan fingerprint density at radius 1 is 0.853 bits per heavy atom. The number of nitrogens with zero attached hydrogens (tertiary/aromatic N) is 2. The zero-order valence-electron chi connectivity index (χ0n) is 19.6. The van der Waals surface area contributed by atoms with Gasteiger partial charge >= 0.3 is 5.97 Å². The standard InChI is InChI=1S/C27H26N2O5/c1-17-24(14-21-13-23(33-4)9-10-25(21)28-17)27(31)34-16-26(30)29(2)15-18-5-6-20-12-22(32-3)8-7-19(20)11-18/h5-14H,15-16H2,1-4H3. The molecule has 0 radical (unpaired) electrons. The lowest BCUT2D eigenvalue weighted by Gasteiger charge is -2.18. The molecule has 0 spiro atoms. The third kappa shape index (κ3) is 4.93. The smallest absolute Gasteiger partial charge is 0.340 e. The van der Waals surface area contributed by atoms with Crippen LogP contribution in [0.1, 0.15) is 21.6 Å². The Labute approximate surface area is 197 Å². The summed E-state index contributed by atoms with van der Waals surface area (Å²) in [5.41, 5.74) is 2.58. The van der Waals surface area contributed by atoms with E-state index in [0.29, 0.717) is 23.6 Å². The first kappa shape index (κ1) is 23.0. The molecule has 7 nitrogen and oxygen atoms in total. The molecule has 1 aromatic heterocycles. The molecule has 0 unspecified atom stereocenters. The Kier molecular flexibility index (Phi) is 6.63. The number of amides is 1. The van der Waals surface area contributed by atoms with Crippen molar-refractivity contribution in [2.24, 2.45) is 0 Å². The van der Waals surface area contributed by atoms with E-state index in [1.165, 1.54) is 4.90 Å². The molecule has 0 aliphatic carbocycles. The highest BCUT2D eigenvalue weighted by Gasteiger charge is 2.17. The summed E-state index contributed by atoms with van der Waals surface area (Å²) in [5.74, 6) is 0.583. The molecule has 0 atom stereocenters. The third-order valence-electron chi connectivity index (χ3n) is 5.72. The highest BCUT2D eigenvalue weighted by atomic mass is 16.5. The van der Waals surface area contributed by atoms with Crippen molar-refractivity contribution in [2.45, 2.75) is 13.5 Å². The first-order valence-electron chi connectivity index (χ1n) is 10.8. The number of carbonyl (C=O) groups excluding carboxylic acids is 2. The number of likely N-dealkylation sites (N-methyl/N-ethyl adjacent to an activating group) is 1. The predicted molar refractivity (Wildman–Crippen MR) is 130 cm³/mol. The van der Waals surface area contributed by atoms with E-state index in [1.54, 1.807) is 40.3 Å². The van der Waals surface area contributed by atoms with E-state index in [0.717, 1.165) is 33.0 Å². The van der Waals surface area contributed by atoms with Gasteiger partial charge in [-0.1, -0.05) is 18.2 Å². The zero-order chi connectivity index (χ0) is 24.2. The normalized spacial score (nSPS) is 10.8. The Morgan fingerprint density at radius 3 is 2.24 bits per heavy atom. The molecule has 4 aromatic rings. The molecule has 1 heterocycles. The number of hydrogen-bond acceptors (Lipinski definition) is 6. The minimum absolute atomic E-state index is 0.295. The number of benzene rings is 3. The van der Waals surface area contributed by atoms with E-state index in [2.05, 4.69) is 4.98 Å². The van der Waals surface area contributed by atoms with Crippen molar-refractivity contribution >= 4 is 33.6 Å². The number of methoxy groups -OCH3 is 2. The maximum Gasteiger partial charge on any atom is 0.340 e. The topological polar surface area (TPSA) is 78.0 Å². The lowest BCUT2D eigenvalue weighted by atomic mass is 10.1. The Balaban J connectivity index is 1.40. The van der Waals surface area contributed by atoms with Crippen LogP contribution in [0.5, 0.6) is 11.5 Å². The largest absolute Gasteiger partial charge is 0.497 e. The second-order valence-corrected chi connectivity index (χ2v) is 8.05. The van der Waals surface area contributed by atoms with Crippen LogP contribution in [0.3, 0.4) is 0 Å². The molecule has 0 saturated carbocycles. The molecule has 34 heavy (non-hydrogen) atoms. The first-order chi connectivity index (χ1) is 16.4. The quantitative estimate of drug-likeness (QED) is 0.379. The molecular formula is C27H26N2O5. The van der Waals surface area contributed by atoms with Crippen LogP contribution in [-0.2, 0) is 16.1 Å². The summed E-state index contributed by atoms with van der Waals surface area (Å²) in [7, 11) is 4.90. The number of hydrogen-bond donors (Lipinski definition) is 0. The molecule has 0 aliphatic heterocycles. The summed E-state index contributed by atoms with van der Waals surface area (Å²) in [6, 6.07) is 19.0. The van der Waals surface area contributed by atoms with Crippen molar-refractivity contribution in [1.29, 1.82) is 0 Å². The molecule has 4 rings (SSSR count). The second kappa shape index (κ2) is 9.79. The van der Waals surface area contributed by atoms with Gasteiger partial charge in [-0.2, -0.15) is 0 Å². The highest BCUT2D eigenvalue weighted by molar-refractivity contribution is 5.96. The van der Waals surface area contributed by atoms with Gasteiger partial charge in [0.2, 0.25) is 0 Å². The maximum absolute atomic E-state index is 12.7. The maximum atomic E-state index is 12.7. The Bertz CT molecular complexity index is 1380. The van der Waals surface area contributed by atoms with Gasteiger partial charge in [-0.25, -0.2) is 4.79 Å². The lowest BCUT2D eigenvalue weighted by molar-refractivity contribution is -0.133. The SMILES string of the molecule is COc1ccc2cc(CN(C)C(=O)COC(=O)c3cc4cc(OC)ccc4nc3C)ccc2c1. The van der Waals surface area contributed by atoms with Crippen molar-refractivity contribution in [3.05, 3.63) is 77.5 Å². The van der Waals surface area contributed by atoms with Crippen molar-refractivity contribution in [3.63, 3.8) is 0 Å². The van der Waals surface area contributed by atoms with Crippen molar-refractivity contribution in [2.75, 3.05) is 27.9 Å². The van der Waals surface area contributed by atoms with Gasteiger partial charge in [0.15, 0.2) is 6.61 Å². The minimum atomic E-state index is -0.587. The van der Waals surface area contributed by atoms with Gasteiger partial charge in [-0.3, -0.25) is 9.78 Å². The van der Waals surface area contributed by atoms with E-state index >= 15 is 0 Å². The van der Waals surface area contributed by atoms with E-state index in [4.69, 9.17) is 14.2 Å². The van der Waals surface area contributed by atoms with Gasteiger partial charge in [0.1, 0.15) is 11.5 Å².